The van der Waals surface area contributed by atoms with Crippen LogP contribution in [0.4, 0.5) is 5.69 Å². The van der Waals surface area contributed by atoms with Gasteiger partial charge in [0.2, 0.25) is 11.8 Å². The minimum Gasteiger partial charge on any atom is -0.366 e. The van der Waals surface area contributed by atoms with E-state index in [4.69, 9.17) is 17.3 Å². The monoisotopic (exact) mass is 281 g/mol. The van der Waals surface area contributed by atoms with Crippen molar-refractivity contribution in [2.24, 2.45) is 11.7 Å². The molecule has 0 saturated carbocycles. The van der Waals surface area contributed by atoms with Crippen molar-refractivity contribution in [1.29, 1.82) is 0 Å². The Bertz CT molecular complexity index is 499. The van der Waals surface area contributed by atoms with E-state index >= 15 is 0 Å². The molecule has 0 aromatic heterocycles. The number of hydrogen-bond donors (Lipinski definition) is 3. The molecule has 5 nitrogen and oxygen atoms in total. The van der Waals surface area contributed by atoms with Gasteiger partial charge in [-0.15, -0.1) is 0 Å². The second-order valence-corrected chi connectivity index (χ2v) is 5.00. The lowest BCUT2D eigenvalue weighted by molar-refractivity contribution is -0.120. The number of halogens is 1. The van der Waals surface area contributed by atoms with Crippen molar-refractivity contribution in [3.8, 4) is 0 Å². The topological polar surface area (TPSA) is 84.2 Å². The summed E-state index contributed by atoms with van der Waals surface area (Å²) in [4.78, 5) is 23.2. The number of carbonyl (C=O) groups excluding carboxylic acids is 2. The largest absolute Gasteiger partial charge is 0.366 e. The second-order valence-electron chi connectivity index (χ2n) is 4.59. The van der Waals surface area contributed by atoms with Crippen molar-refractivity contribution in [2.45, 2.75) is 12.8 Å². The fraction of sp³-hybridized carbons (Fsp3) is 0.385. The summed E-state index contributed by atoms with van der Waals surface area (Å²) in [7, 11) is 0. The fourth-order valence-electron chi connectivity index (χ4n) is 2.11. The molecule has 0 aliphatic carbocycles. The highest BCUT2D eigenvalue weighted by molar-refractivity contribution is 6.34. The van der Waals surface area contributed by atoms with E-state index in [0.717, 1.165) is 19.4 Å². The zero-order chi connectivity index (χ0) is 13.8. The summed E-state index contributed by atoms with van der Waals surface area (Å²) in [5.41, 5.74) is 5.96. The SMILES string of the molecule is NC(=O)c1cc(NC(=O)[C@H]2CCCNC2)ccc1Cl. The van der Waals surface area contributed by atoms with Gasteiger partial charge in [0.25, 0.3) is 0 Å². The molecule has 1 aromatic carbocycles. The summed E-state index contributed by atoms with van der Waals surface area (Å²) in [6.07, 6.45) is 1.86. The van der Waals surface area contributed by atoms with Gasteiger partial charge < -0.3 is 16.4 Å². The lowest BCUT2D eigenvalue weighted by atomic mass is 9.99. The van der Waals surface area contributed by atoms with Crippen LogP contribution in [-0.4, -0.2) is 24.9 Å². The van der Waals surface area contributed by atoms with E-state index in [9.17, 15) is 9.59 Å². The number of carbonyl (C=O) groups is 2. The van der Waals surface area contributed by atoms with Crippen molar-refractivity contribution in [3.63, 3.8) is 0 Å². The molecule has 1 aromatic rings. The molecule has 1 heterocycles. The third kappa shape index (κ3) is 3.45. The first-order chi connectivity index (χ1) is 9.08. The van der Waals surface area contributed by atoms with Crippen LogP contribution in [0.15, 0.2) is 18.2 Å². The molecule has 2 amide bonds. The van der Waals surface area contributed by atoms with Gasteiger partial charge >= 0.3 is 0 Å². The maximum atomic E-state index is 12.0. The Morgan fingerprint density at radius 3 is 2.84 bits per heavy atom. The molecule has 4 N–H and O–H groups in total. The van der Waals surface area contributed by atoms with Crippen LogP contribution in [0.2, 0.25) is 5.02 Å². The molecule has 1 saturated heterocycles. The number of primary amides is 1. The molecule has 0 bridgehead atoms. The van der Waals surface area contributed by atoms with Crippen molar-refractivity contribution >= 4 is 29.1 Å². The number of piperidine rings is 1. The quantitative estimate of drug-likeness (QED) is 0.782. The van der Waals surface area contributed by atoms with E-state index in [0.29, 0.717) is 12.2 Å². The molecular weight excluding hydrogens is 266 g/mol. The smallest absolute Gasteiger partial charge is 0.250 e. The predicted molar refractivity (Wildman–Crippen MR) is 74.2 cm³/mol. The number of anilines is 1. The van der Waals surface area contributed by atoms with Crippen molar-refractivity contribution in [2.75, 3.05) is 18.4 Å². The summed E-state index contributed by atoms with van der Waals surface area (Å²) in [5, 5.41) is 6.26. The molecule has 0 unspecified atom stereocenters. The first kappa shape index (κ1) is 13.8. The molecule has 19 heavy (non-hydrogen) atoms. The molecule has 1 atom stereocenters. The van der Waals surface area contributed by atoms with Crippen LogP contribution in [-0.2, 0) is 4.79 Å². The third-order valence-electron chi connectivity index (χ3n) is 3.17. The standard InChI is InChI=1S/C13H16ClN3O2/c14-11-4-3-9(6-10(11)12(15)18)17-13(19)8-2-1-5-16-7-8/h3-4,6,8,16H,1-2,5,7H2,(H2,15,18)(H,17,19)/t8-/m0/s1. The van der Waals surface area contributed by atoms with E-state index in [-0.39, 0.29) is 22.4 Å². The molecule has 6 heteroatoms. The van der Waals surface area contributed by atoms with E-state index in [2.05, 4.69) is 10.6 Å². The lowest BCUT2D eigenvalue weighted by Crippen LogP contribution is -2.37. The van der Waals surface area contributed by atoms with Crippen LogP contribution in [0, 0.1) is 5.92 Å². The van der Waals surface area contributed by atoms with Crippen molar-refractivity contribution < 1.29 is 9.59 Å². The molecule has 1 aliphatic heterocycles. The molecular formula is C13H16ClN3O2. The van der Waals surface area contributed by atoms with Gasteiger partial charge in [-0.05, 0) is 37.6 Å². The Labute approximate surface area is 116 Å². The predicted octanol–water partition coefficient (Wildman–Crippen LogP) is 1.38. The Hall–Kier alpha value is -1.59. The Kier molecular flexibility index (Phi) is 4.39. The van der Waals surface area contributed by atoms with E-state index in [1.165, 1.54) is 6.07 Å². The molecule has 2 rings (SSSR count). The summed E-state index contributed by atoms with van der Waals surface area (Å²) in [6.45, 7) is 1.64. The first-order valence-corrected chi connectivity index (χ1v) is 6.56. The van der Waals surface area contributed by atoms with Crippen LogP contribution in [0.25, 0.3) is 0 Å². The third-order valence-corrected chi connectivity index (χ3v) is 3.50. The van der Waals surface area contributed by atoms with E-state index < -0.39 is 5.91 Å². The number of benzene rings is 1. The zero-order valence-corrected chi connectivity index (χ0v) is 11.2. The highest BCUT2D eigenvalue weighted by Gasteiger charge is 2.21. The molecule has 0 radical (unpaired) electrons. The molecule has 102 valence electrons. The molecule has 0 spiro atoms. The second kappa shape index (κ2) is 6.04. The van der Waals surface area contributed by atoms with E-state index in [1.807, 2.05) is 0 Å². The average Bonchev–Trinajstić information content (AvgIpc) is 2.41. The van der Waals surface area contributed by atoms with Gasteiger partial charge in [0.15, 0.2) is 0 Å². The normalized spacial score (nSPS) is 18.9. The lowest BCUT2D eigenvalue weighted by Gasteiger charge is -2.22. The van der Waals surface area contributed by atoms with Crippen LogP contribution >= 0.6 is 11.6 Å². The van der Waals surface area contributed by atoms with Gasteiger partial charge in [0, 0.05) is 12.2 Å². The maximum Gasteiger partial charge on any atom is 0.250 e. The van der Waals surface area contributed by atoms with Crippen LogP contribution < -0.4 is 16.4 Å². The first-order valence-electron chi connectivity index (χ1n) is 6.19. The van der Waals surface area contributed by atoms with Crippen molar-refractivity contribution in [3.05, 3.63) is 28.8 Å². The number of rotatable bonds is 3. The van der Waals surface area contributed by atoms with E-state index in [1.54, 1.807) is 12.1 Å². The Morgan fingerprint density at radius 1 is 1.42 bits per heavy atom. The summed E-state index contributed by atoms with van der Waals surface area (Å²) < 4.78 is 0. The highest BCUT2D eigenvalue weighted by Crippen LogP contribution is 2.21. The zero-order valence-electron chi connectivity index (χ0n) is 10.4. The van der Waals surface area contributed by atoms with Gasteiger partial charge in [0.1, 0.15) is 0 Å². The van der Waals surface area contributed by atoms with Crippen LogP contribution in [0.5, 0.6) is 0 Å². The summed E-state index contributed by atoms with van der Waals surface area (Å²) >= 11 is 5.85. The Balaban J connectivity index is 2.08. The summed E-state index contributed by atoms with van der Waals surface area (Å²) in [6, 6.07) is 4.71. The van der Waals surface area contributed by atoms with Crippen molar-refractivity contribution in [1.82, 2.24) is 5.32 Å². The van der Waals surface area contributed by atoms with Gasteiger partial charge in [0.05, 0.1) is 16.5 Å². The Morgan fingerprint density at radius 2 is 2.21 bits per heavy atom. The van der Waals surface area contributed by atoms with Gasteiger partial charge in [-0.3, -0.25) is 9.59 Å². The van der Waals surface area contributed by atoms with Crippen LogP contribution in [0.1, 0.15) is 23.2 Å². The number of nitrogens with two attached hydrogens (primary N) is 1. The van der Waals surface area contributed by atoms with Gasteiger partial charge in [-0.25, -0.2) is 0 Å². The average molecular weight is 282 g/mol. The number of amides is 2. The fourth-order valence-corrected chi connectivity index (χ4v) is 2.32. The summed E-state index contributed by atoms with van der Waals surface area (Å²) in [5.74, 6) is -0.702. The highest BCUT2D eigenvalue weighted by atomic mass is 35.5. The minimum absolute atomic E-state index is 0.0403. The minimum atomic E-state index is -0.611. The number of hydrogen-bond acceptors (Lipinski definition) is 3. The maximum absolute atomic E-state index is 12.0. The molecule has 1 fully saturated rings. The molecule has 1 aliphatic rings. The van der Waals surface area contributed by atoms with Crippen LogP contribution in [0.3, 0.4) is 0 Å². The number of nitrogens with one attached hydrogen (secondary N) is 2. The van der Waals surface area contributed by atoms with Gasteiger partial charge in [-0.2, -0.15) is 0 Å². The van der Waals surface area contributed by atoms with Gasteiger partial charge in [-0.1, -0.05) is 11.6 Å².